The summed E-state index contributed by atoms with van der Waals surface area (Å²) >= 11 is 1.52. The van der Waals surface area contributed by atoms with Gasteiger partial charge in [-0.1, -0.05) is 6.07 Å². The van der Waals surface area contributed by atoms with Gasteiger partial charge in [-0.05, 0) is 57.4 Å². The van der Waals surface area contributed by atoms with Crippen molar-refractivity contribution < 1.29 is 9.59 Å². The molecule has 0 fully saturated rings. The molecule has 152 valence electrons. The fourth-order valence-corrected chi connectivity index (χ4v) is 4.63. The molecular weight excluding hydrogens is 386 g/mol. The standard InChI is InChI=1S/C21H25N5O2S/c1-14-6-5-9-18(23-14)24-20(28)13-26(2)11-10-19(27)25-21-16(12-22)15-7-3-4-8-17(15)29-21/h5-6,9H,3-4,7-8,10-11,13H2,1-2H3,(H,25,27)(H,23,24,28). The first-order valence-electron chi connectivity index (χ1n) is 9.73. The number of aromatic nitrogens is 1. The molecule has 2 amide bonds. The highest BCUT2D eigenvalue weighted by atomic mass is 32.1. The van der Waals surface area contributed by atoms with Crippen molar-refractivity contribution in [1.29, 1.82) is 5.26 Å². The number of nitrogens with zero attached hydrogens (tertiary/aromatic N) is 3. The zero-order valence-electron chi connectivity index (χ0n) is 16.7. The molecule has 2 aromatic heterocycles. The summed E-state index contributed by atoms with van der Waals surface area (Å²) in [6.07, 6.45) is 4.38. The largest absolute Gasteiger partial charge is 0.317 e. The highest BCUT2D eigenvalue weighted by Crippen LogP contribution is 2.37. The van der Waals surface area contributed by atoms with Crippen molar-refractivity contribution in [2.24, 2.45) is 0 Å². The Balaban J connectivity index is 1.47. The second-order valence-electron chi connectivity index (χ2n) is 7.28. The van der Waals surface area contributed by atoms with Gasteiger partial charge in [0.05, 0.1) is 12.1 Å². The Morgan fingerprint density at radius 3 is 2.79 bits per heavy atom. The van der Waals surface area contributed by atoms with Crippen molar-refractivity contribution >= 4 is 34.0 Å². The van der Waals surface area contributed by atoms with Gasteiger partial charge in [0.1, 0.15) is 16.9 Å². The van der Waals surface area contributed by atoms with E-state index < -0.39 is 0 Å². The van der Waals surface area contributed by atoms with Crippen molar-refractivity contribution in [2.75, 3.05) is 30.8 Å². The van der Waals surface area contributed by atoms with Gasteiger partial charge in [0.2, 0.25) is 11.8 Å². The lowest BCUT2D eigenvalue weighted by molar-refractivity contribution is -0.119. The molecule has 8 heteroatoms. The van der Waals surface area contributed by atoms with E-state index in [4.69, 9.17) is 0 Å². The predicted molar refractivity (Wildman–Crippen MR) is 114 cm³/mol. The monoisotopic (exact) mass is 411 g/mol. The van der Waals surface area contributed by atoms with E-state index in [1.54, 1.807) is 18.0 Å². The number of fused-ring (bicyclic) bond motifs is 1. The molecule has 0 radical (unpaired) electrons. The van der Waals surface area contributed by atoms with Crippen LogP contribution in [0.15, 0.2) is 18.2 Å². The molecule has 0 bridgehead atoms. The minimum Gasteiger partial charge on any atom is -0.317 e. The third-order valence-corrected chi connectivity index (χ3v) is 6.03. The van der Waals surface area contributed by atoms with Gasteiger partial charge in [-0.3, -0.25) is 14.5 Å². The summed E-state index contributed by atoms with van der Waals surface area (Å²) in [6, 6.07) is 7.70. The third-order valence-electron chi connectivity index (χ3n) is 4.83. The van der Waals surface area contributed by atoms with Crippen LogP contribution in [0.25, 0.3) is 0 Å². The van der Waals surface area contributed by atoms with E-state index in [1.807, 2.05) is 19.1 Å². The van der Waals surface area contributed by atoms with E-state index in [1.165, 1.54) is 16.2 Å². The van der Waals surface area contributed by atoms with E-state index in [9.17, 15) is 14.9 Å². The number of hydrogen-bond donors (Lipinski definition) is 2. The Morgan fingerprint density at radius 2 is 2.03 bits per heavy atom. The SMILES string of the molecule is Cc1cccc(NC(=O)CN(C)CCC(=O)Nc2sc3c(c2C#N)CCCC3)n1. The van der Waals surface area contributed by atoms with Gasteiger partial charge >= 0.3 is 0 Å². The van der Waals surface area contributed by atoms with E-state index in [0.717, 1.165) is 36.9 Å². The molecule has 0 spiro atoms. The average molecular weight is 412 g/mol. The van der Waals surface area contributed by atoms with Gasteiger partial charge < -0.3 is 10.6 Å². The molecule has 3 rings (SSSR count). The minimum atomic E-state index is -0.177. The fourth-order valence-electron chi connectivity index (χ4n) is 3.37. The number of nitriles is 1. The molecule has 29 heavy (non-hydrogen) atoms. The predicted octanol–water partition coefficient (Wildman–Crippen LogP) is 3.10. The summed E-state index contributed by atoms with van der Waals surface area (Å²) < 4.78 is 0. The van der Waals surface area contributed by atoms with Crippen LogP contribution in [0.1, 0.15) is 41.0 Å². The Kier molecular flexibility index (Phi) is 6.96. The Bertz CT molecular complexity index is 947. The second-order valence-corrected chi connectivity index (χ2v) is 8.38. The van der Waals surface area contributed by atoms with Gasteiger partial charge in [0.25, 0.3) is 0 Å². The molecule has 2 heterocycles. The van der Waals surface area contributed by atoms with Crippen molar-refractivity contribution in [1.82, 2.24) is 9.88 Å². The molecule has 0 saturated carbocycles. The summed E-state index contributed by atoms with van der Waals surface area (Å²) in [7, 11) is 1.79. The highest BCUT2D eigenvalue weighted by Gasteiger charge is 2.21. The molecule has 2 N–H and O–H groups in total. The van der Waals surface area contributed by atoms with E-state index in [0.29, 0.717) is 22.9 Å². The van der Waals surface area contributed by atoms with Crippen molar-refractivity contribution in [3.05, 3.63) is 39.9 Å². The molecule has 1 aliphatic carbocycles. The number of carbonyl (C=O) groups excluding carboxylic acids is 2. The number of anilines is 2. The van der Waals surface area contributed by atoms with Crippen LogP contribution in [0.3, 0.4) is 0 Å². The molecule has 7 nitrogen and oxygen atoms in total. The van der Waals surface area contributed by atoms with E-state index >= 15 is 0 Å². The van der Waals surface area contributed by atoms with Gasteiger partial charge in [-0.25, -0.2) is 4.98 Å². The van der Waals surface area contributed by atoms with Crippen LogP contribution in [-0.2, 0) is 22.4 Å². The summed E-state index contributed by atoms with van der Waals surface area (Å²) in [6.45, 7) is 2.47. The number of hydrogen-bond acceptors (Lipinski definition) is 6. The molecule has 0 unspecified atom stereocenters. The van der Waals surface area contributed by atoms with Crippen LogP contribution in [0, 0.1) is 18.3 Å². The molecule has 2 aromatic rings. The smallest absolute Gasteiger partial charge is 0.239 e. The molecule has 0 atom stereocenters. The highest BCUT2D eigenvalue weighted by molar-refractivity contribution is 7.16. The lowest BCUT2D eigenvalue weighted by Gasteiger charge is -2.15. The quantitative estimate of drug-likeness (QED) is 0.729. The van der Waals surface area contributed by atoms with Crippen LogP contribution in [-0.4, -0.2) is 41.8 Å². The Morgan fingerprint density at radius 1 is 1.24 bits per heavy atom. The number of nitrogens with one attached hydrogen (secondary N) is 2. The zero-order chi connectivity index (χ0) is 20.8. The maximum atomic E-state index is 12.4. The summed E-state index contributed by atoms with van der Waals surface area (Å²) in [4.78, 5) is 31.8. The van der Waals surface area contributed by atoms with Crippen molar-refractivity contribution in [3.63, 3.8) is 0 Å². The lowest BCUT2D eigenvalue weighted by Crippen LogP contribution is -2.32. The topological polar surface area (TPSA) is 98.1 Å². The zero-order valence-corrected chi connectivity index (χ0v) is 17.6. The van der Waals surface area contributed by atoms with Crippen LogP contribution < -0.4 is 10.6 Å². The van der Waals surface area contributed by atoms with Gasteiger partial charge in [0.15, 0.2) is 0 Å². The van der Waals surface area contributed by atoms with Crippen LogP contribution in [0.4, 0.5) is 10.8 Å². The minimum absolute atomic E-state index is 0.146. The number of aryl methyl sites for hydroxylation is 2. The molecule has 0 aromatic carbocycles. The molecule has 0 saturated heterocycles. The number of rotatable bonds is 7. The summed E-state index contributed by atoms with van der Waals surface area (Å²) in [5.74, 6) is 0.197. The summed E-state index contributed by atoms with van der Waals surface area (Å²) in [5, 5.41) is 15.8. The van der Waals surface area contributed by atoms with Gasteiger partial charge in [-0.2, -0.15) is 5.26 Å². The number of amides is 2. The van der Waals surface area contributed by atoms with Crippen molar-refractivity contribution in [3.8, 4) is 6.07 Å². The van der Waals surface area contributed by atoms with Gasteiger partial charge in [-0.15, -0.1) is 11.3 Å². The van der Waals surface area contributed by atoms with Crippen molar-refractivity contribution in [2.45, 2.75) is 39.0 Å². The summed E-state index contributed by atoms with van der Waals surface area (Å²) in [5.41, 5.74) is 2.56. The third kappa shape index (κ3) is 5.62. The van der Waals surface area contributed by atoms with Crippen LogP contribution in [0.2, 0.25) is 0 Å². The van der Waals surface area contributed by atoms with Crippen LogP contribution >= 0.6 is 11.3 Å². The number of likely N-dealkylation sites (N-methyl/N-ethyl adjacent to an activating group) is 1. The normalized spacial score (nSPS) is 12.9. The number of carbonyl (C=O) groups is 2. The first-order valence-corrected chi connectivity index (χ1v) is 10.5. The van der Waals surface area contributed by atoms with E-state index in [2.05, 4.69) is 21.7 Å². The number of pyridine rings is 1. The van der Waals surface area contributed by atoms with E-state index in [-0.39, 0.29) is 24.8 Å². The van der Waals surface area contributed by atoms with Gasteiger partial charge in [0, 0.05) is 23.5 Å². The Labute approximate surface area is 174 Å². The first kappa shape index (κ1) is 21.0. The fraction of sp³-hybridized carbons (Fsp3) is 0.429. The molecular formula is C21H25N5O2S. The lowest BCUT2D eigenvalue weighted by atomic mass is 9.96. The second kappa shape index (κ2) is 9.63. The molecule has 0 aliphatic heterocycles. The molecule has 1 aliphatic rings. The average Bonchev–Trinajstić information content (AvgIpc) is 3.03. The maximum Gasteiger partial charge on any atom is 0.239 e. The van der Waals surface area contributed by atoms with Crippen LogP contribution in [0.5, 0.6) is 0 Å². The first-order chi connectivity index (χ1) is 14.0. The number of thiophene rings is 1. The Hall–Kier alpha value is -2.76. The maximum absolute atomic E-state index is 12.4.